The quantitative estimate of drug-likeness (QED) is 0.770. The molecule has 3 nitrogen and oxygen atoms in total. The Morgan fingerprint density at radius 1 is 1.12 bits per heavy atom. The number of benzene rings is 2. The second-order valence-corrected chi connectivity index (χ2v) is 7.09. The number of nitrogens with one attached hydrogen (secondary N) is 1. The van der Waals surface area contributed by atoms with Crippen molar-refractivity contribution in [1.29, 1.82) is 0 Å². The van der Waals surface area contributed by atoms with Gasteiger partial charge < -0.3 is 5.32 Å². The van der Waals surface area contributed by atoms with Gasteiger partial charge in [-0.25, -0.2) is 0 Å². The molecular formula is C20H23BrN2O. The normalized spacial score (nSPS) is 18.5. The van der Waals surface area contributed by atoms with Crippen molar-refractivity contribution in [2.24, 2.45) is 0 Å². The Morgan fingerprint density at radius 2 is 1.88 bits per heavy atom. The van der Waals surface area contributed by atoms with Gasteiger partial charge in [0.05, 0.1) is 0 Å². The SMILES string of the molecule is O=C(CCN1CCNC[C@H]1Cc1ccccc1)c1ccccc1Br. The molecule has 1 aliphatic heterocycles. The van der Waals surface area contributed by atoms with Gasteiger partial charge in [0, 0.05) is 48.7 Å². The predicted octanol–water partition coefficient (Wildman–Crippen LogP) is 3.54. The molecule has 1 saturated heterocycles. The van der Waals surface area contributed by atoms with Crippen molar-refractivity contribution in [2.75, 3.05) is 26.2 Å². The summed E-state index contributed by atoms with van der Waals surface area (Å²) in [6.07, 6.45) is 1.59. The van der Waals surface area contributed by atoms with Crippen LogP contribution in [0.15, 0.2) is 59.1 Å². The molecule has 1 heterocycles. The van der Waals surface area contributed by atoms with Crippen LogP contribution in [0.4, 0.5) is 0 Å². The first-order valence-corrected chi connectivity index (χ1v) is 9.30. The molecule has 4 heteroatoms. The summed E-state index contributed by atoms with van der Waals surface area (Å²) < 4.78 is 0.885. The number of Topliss-reactive ketones (excluding diaryl/α,β-unsaturated/α-hetero) is 1. The summed E-state index contributed by atoms with van der Waals surface area (Å²) in [7, 11) is 0. The highest BCUT2D eigenvalue weighted by atomic mass is 79.9. The van der Waals surface area contributed by atoms with Gasteiger partial charge in [-0.2, -0.15) is 0 Å². The maximum absolute atomic E-state index is 12.5. The molecule has 0 radical (unpaired) electrons. The molecule has 2 aromatic carbocycles. The molecule has 1 fully saturated rings. The second kappa shape index (κ2) is 8.56. The summed E-state index contributed by atoms with van der Waals surface area (Å²) in [5, 5.41) is 3.48. The first-order chi connectivity index (χ1) is 11.7. The molecule has 1 N–H and O–H groups in total. The van der Waals surface area contributed by atoms with Gasteiger partial charge in [0.2, 0.25) is 0 Å². The molecule has 24 heavy (non-hydrogen) atoms. The first kappa shape index (κ1) is 17.3. The number of piperazine rings is 1. The fourth-order valence-electron chi connectivity index (χ4n) is 3.25. The largest absolute Gasteiger partial charge is 0.314 e. The minimum absolute atomic E-state index is 0.208. The van der Waals surface area contributed by atoms with Crippen LogP contribution in [0.1, 0.15) is 22.3 Å². The summed E-state index contributed by atoms with van der Waals surface area (Å²) >= 11 is 3.47. The van der Waals surface area contributed by atoms with Gasteiger partial charge >= 0.3 is 0 Å². The van der Waals surface area contributed by atoms with Crippen LogP contribution >= 0.6 is 15.9 Å². The summed E-state index contributed by atoms with van der Waals surface area (Å²) in [5.41, 5.74) is 2.14. The molecule has 0 unspecified atom stereocenters. The highest BCUT2D eigenvalue weighted by Crippen LogP contribution is 2.18. The summed E-state index contributed by atoms with van der Waals surface area (Å²) in [5.74, 6) is 0.208. The Hall–Kier alpha value is -1.49. The van der Waals surface area contributed by atoms with Crippen molar-refractivity contribution in [3.05, 3.63) is 70.2 Å². The maximum Gasteiger partial charge on any atom is 0.165 e. The Balaban J connectivity index is 1.60. The first-order valence-electron chi connectivity index (χ1n) is 8.50. The zero-order valence-electron chi connectivity index (χ0n) is 13.7. The maximum atomic E-state index is 12.5. The van der Waals surface area contributed by atoms with E-state index in [1.165, 1.54) is 5.56 Å². The number of rotatable bonds is 6. The topological polar surface area (TPSA) is 32.3 Å². The van der Waals surface area contributed by atoms with Crippen LogP contribution in [0.25, 0.3) is 0 Å². The van der Waals surface area contributed by atoms with Crippen LogP contribution < -0.4 is 5.32 Å². The molecule has 0 bridgehead atoms. The predicted molar refractivity (Wildman–Crippen MR) is 101 cm³/mol. The van der Waals surface area contributed by atoms with E-state index in [9.17, 15) is 4.79 Å². The minimum Gasteiger partial charge on any atom is -0.314 e. The third-order valence-electron chi connectivity index (χ3n) is 4.59. The number of halogens is 1. The second-order valence-electron chi connectivity index (χ2n) is 6.24. The van der Waals surface area contributed by atoms with Gasteiger partial charge in [0.15, 0.2) is 5.78 Å². The van der Waals surface area contributed by atoms with Crippen LogP contribution in [-0.4, -0.2) is 42.9 Å². The average Bonchev–Trinajstić information content (AvgIpc) is 2.62. The molecule has 0 aromatic heterocycles. The lowest BCUT2D eigenvalue weighted by Crippen LogP contribution is -2.52. The van der Waals surface area contributed by atoms with Gasteiger partial charge in [0.25, 0.3) is 0 Å². The zero-order chi connectivity index (χ0) is 16.8. The smallest absolute Gasteiger partial charge is 0.165 e. The Kier molecular flexibility index (Phi) is 6.18. The number of ketones is 1. The molecule has 1 atom stereocenters. The van der Waals surface area contributed by atoms with E-state index in [1.54, 1.807) is 0 Å². The van der Waals surface area contributed by atoms with Crippen molar-refractivity contribution in [2.45, 2.75) is 18.9 Å². The summed E-state index contributed by atoms with van der Waals surface area (Å²) in [4.78, 5) is 15.0. The van der Waals surface area contributed by atoms with Gasteiger partial charge in [-0.3, -0.25) is 9.69 Å². The highest BCUT2D eigenvalue weighted by molar-refractivity contribution is 9.10. The van der Waals surface area contributed by atoms with E-state index in [0.717, 1.165) is 42.6 Å². The Bertz CT molecular complexity index is 674. The van der Waals surface area contributed by atoms with E-state index in [1.807, 2.05) is 24.3 Å². The fraction of sp³-hybridized carbons (Fsp3) is 0.350. The van der Waals surface area contributed by atoms with Crippen molar-refractivity contribution in [3.63, 3.8) is 0 Å². The van der Waals surface area contributed by atoms with E-state index >= 15 is 0 Å². The van der Waals surface area contributed by atoms with Crippen LogP contribution in [0, 0.1) is 0 Å². The van der Waals surface area contributed by atoms with E-state index in [4.69, 9.17) is 0 Å². The van der Waals surface area contributed by atoms with Gasteiger partial charge in [0.1, 0.15) is 0 Å². The fourth-order valence-corrected chi connectivity index (χ4v) is 3.76. The lowest BCUT2D eigenvalue weighted by Gasteiger charge is -2.36. The Morgan fingerprint density at radius 3 is 2.67 bits per heavy atom. The monoisotopic (exact) mass is 386 g/mol. The van der Waals surface area contributed by atoms with E-state index in [0.29, 0.717) is 12.5 Å². The highest BCUT2D eigenvalue weighted by Gasteiger charge is 2.23. The molecule has 0 amide bonds. The Labute approximate surface area is 152 Å². The lowest BCUT2D eigenvalue weighted by molar-refractivity contribution is 0.0934. The third kappa shape index (κ3) is 4.53. The van der Waals surface area contributed by atoms with E-state index in [-0.39, 0.29) is 5.78 Å². The van der Waals surface area contributed by atoms with Crippen LogP contribution in [0.5, 0.6) is 0 Å². The van der Waals surface area contributed by atoms with E-state index in [2.05, 4.69) is 56.5 Å². The van der Waals surface area contributed by atoms with Gasteiger partial charge in [-0.05, 0) is 18.1 Å². The lowest BCUT2D eigenvalue weighted by atomic mass is 10.0. The molecule has 2 aromatic rings. The molecule has 0 aliphatic carbocycles. The van der Waals surface area contributed by atoms with Crippen LogP contribution in [-0.2, 0) is 6.42 Å². The average molecular weight is 387 g/mol. The van der Waals surface area contributed by atoms with Crippen molar-refractivity contribution in [3.8, 4) is 0 Å². The van der Waals surface area contributed by atoms with E-state index < -0.39 is 0 Å². The molecular weight excluding hydrogens is 364 g/mol. The standard InChI is InChI=1S/C20H23BrN2O/c21-19-9-5-4-8-18(19)20(24)10-12-23-13-11-22-15-17(23)14-16-6-2-1-3-7-16/h1-9,17,22H,10-15H2/t17-/m1/s1. The summed E-state index contributed by atoms with van der Waals surface area (Å²) in [6, 6.07) is 18.7. The molecule has 1 aliphatic rings. The van der Waals surface area contributed by atoms with Crippen molar-refractivity contribution < 1.29 is 4.79 Å². The van der Waals surface area contributed by atoms with Crippen molar-refractivity contribution in [1.82, 2.24) is 10.2 Å². The van der Waals surface area contributed by atoms with Crippen LogP contribution in [0.3, 0.4) is 0 Å². The molecule has 126 valence electrons. The number of nitrogens with zero attached hydrogens (tertiary/aromatic N) is 1. The van der Waals surface area contributed by atoms with Gasteiger partial charge in [-0.1, -0.05) is 64.5 Å². The number of carbonyl (C=O) groups excluding carboxylic acids is 1. The number of hydrogen-bond donors (Lipinski definition) is 1. The van der Waals surface area contributed by atoms with Crippen molar-refractivity contribution >= 4 is 21.7 Å². The third-order valence-corrected chi connectivity index (χ3v) is 5.28. The number of carbonyl (C=O) groups is 1. The number of hydrogen-bond acceptors (Lipinski definition) is 3. The molecule has 3 rings (SSSR count). The van der Waals surface area contributed by atoms with Gasteiger partial charge in [-0.15, -0.1) is 0 Å². The minimum atomic E-state index is 0.208. The zero-order valence-corrected chi connectivity index (χ0v) is 15.3. The molecule has 0 saturated carbocycles. The summed E-state index contributed by atoms with van der Waals surface area (Å²) in [6.45, 7) is 3.80. The van der Waals surface area contributed by atoms with Crippen LogP contribution in [0.2, 0.25) is 0 Å². The molecule has 0 spiro atoms.